The maximum absolute atomic E-state index is 13.9. The molecule has 3 aromatic rings. The minimum atomic E-state index is -1.48. The van der Waals surface area contributed by atoms with Crippen molar-refractivity contribution in [3.05, 3.63) is 53.3 Å². The van der Waals surface area contributed by atoms with E-state index in [1.807, 2.05) is 12.1 Å². The van der Waals surface area contributed by atoms with Gasteiger partial charge >= 0.3 is 6.03 Å². The zero-order chi connectivity index (χ0) is 22.1. The molecule has 7 nitrogen and oxygen atoms in total. The molecule has 1 fully saturated rings. The molecule has 4 rings (SSSR count). The van der Waals surface area contributed by atoms with Crippen LogP contribution >= 0.6 is 0 Å². The number of hydrogen-bond donors (Lipinski definition) is 1. The van der Waals surface area contributed by atoms with Crippen LogP contribution in [-0.2, 0) is 0 Å². The molecule has 162 valence electrons. The zero-order valence-corrected chi connectivity index (χ0v) is 17.0. The number of carbonyl (C=O) groups is 1. The van der Waals surface area contributed by atoms with E-state index in [1.54, 1.807) is 21.9 Å². The molecule has 2 aromatic carbocycles. The molecule has 31 heavy (non-hydrogen) atoms. The second kappa shape index (κ2) is 8.29. The van der Waals surface area contributed by atoms with Gasteiger partial charge in [0.2, 0.25) is 0 Å². The number of rotatable bonds is 3. The number of para-hydroxylation sites is 2. The molecule has 1 aromatic heterocycles. The number of methoxy groups -OCH3 is 1. The highest BCUT2D eigenvalue weighted by atomic mass is 19.2. The first-order valence-corrected chi connectivity index (χ1v) is 9.64. The van der Waals surface area contributed by atoms with Crippen LogP contribution in [0.15, 0.2) is 30.3 Å². The van der Waals surface area contributed by atoms with Crippen LogP contribution in [0.1, 0.15) is 5.56 Å². The van der Waals surface area contributed by atoms with Gasteiger partial charge in [0, 0.05) is 43.5 Å². The highest BCUT2D eigenvalue weighted by molar-refractivity contribution is 5.91. The second-order valence-electron chi connectivity index (χ2n) is 7.10. The lowest BCUT2D eigenvalue weighted by Crippen LogP contribution is -2.50. The first-order chi connectivity index (χ1) is 14.9. The minimum Gasteiger partial charge on any atom is -0.478 e. The van der Waals surface area contributed by atoms with Crippen LogP contribution in [0, 0.1) is 24.4 Å². The van der Waals surface area contributed by atoms with E-state index in [0.29, 0.717) is 37.2 Å². The van der Waals surface area contributed by atoms with Crippen molar-refractivity contribution in [2.24, 2.45) is 0 Å². The summed E-state index contributed by atoms with van der Waals surface area (Å²) >= 11 is 0. The van der Waals surface area contributed by atoms with Gasteiger partial charge in [0.05, 0.1) is 18.1 Å². The van der Waals surface area contributed by atoms with E-state index in [-0.39, 0.29) is 22.9 Å². The Morgan fingerprint density at radius 3 is 2.32 bits per heavy atom. The lowest BCUT2D eigenvalue weighted by molar-refractivity contribution is 0.208. The molecule has 0 saturated carbocycles. The van der Waals surface area contributed by atoms with Crippen molar-refractivity contribution in [3.8, 4) is 5.88 Å². The van der Waals surface area contributed by atoms with E-state index in [2.05, 4.69) is 15.3 Å². The van der Waals surface area contributed by atoms with Crippen molar-refractivity contribution >= 4 is 28.6 Å². The van der Waals surface area contributed by atoms with Gasteiger partial charge in [-0.05, 0) is 19.1 Å². The lowest BCUT2D eigenvalue weighted by atomic mass is 10.1. The molecule has 1 N–H and O–H groups in total. The molecular formula is C21H20F3N5O2. The monoisotopic (exact) mass is 431 g/mol. The highest BCUT2D eigenvalue weighted by Gasteiger charge is 2.26. The number of amides is 2. The predicted octanol–water partition coefficient (Wildman–Crippen LogP) is 3.72. The van der Waals surface area contributed by atoms with Crippen molar-refractivity contribution in [1.29, 1.82) is 0 Å². The number of anilines is 2. The summed E-state index contributed by atoms with van der Waals surface area (Å²) in [7, 11) is 1.44. The summed E-state index contributed by atoms with van der Waals surface area (Å²) in [4.78, 5) is 24.8. The van der Waals surface area contributed by atoms with E-state index in [4.69, 9.17) is 4.74 Å². The fourth-order valence-electron chi connectivity index (χ4n) is 3.54. The standard InChI is InChI=1S/C21H20F3N5O2/c1-12-16(11-13(22)18(24)17(12)23)28-7-9-29(10-8-28)21(30)27-19-20(31-2)26-15-6-4-3-5-14(15)25-19/h3-6,11H,7-10H2,1-2H3,(H,25,27,30). The number of nitrogens with one attached hydrogen (secondary N) is 1. The third-order valence-electron chi connectivity index (χ3n) is 5.24. The Morgan fingerprint density at radius 1 is 1.03 bits per heavy atom. The molecule has 0 spiro atoms. The molecule has 0 atom stereocenters. The Morgan fingerprint density at radius 2 is 1.68 bits per heavy atom. The molecule has 1 aliphatic heterocycles. The normalized spacial score (nSPS) is 14.1. The number of carbonyl (C=O) groups excluding carboxylic acids is 1. The van der Waals surface area contributed by atoms with Gasteiger partial charge in [-0.15, -0.1) is 0 Å². The molecule has 1 aliphatic rings. The van der Waals surface area contributed by atoms with Gasteiger partial charge in [0.25, 0.3) is 5.88 Å². The van der Waals surface area contributed by atoms with Crippen LogP contribution in [0.2, 0.25) is 0 Å². The summed E-state index contributed by atoms with van der Waals surface area (Å²) in [6, 6.07) is 7.81. The second-order valence-corrected chi connectivity index (χ2v) is 7.10. The van der Waals surface area contributed by atoms with Gasteiger partial charge in [0.15, 0.2) is 23.3 Å². The highest BCUT2D eigenvalue weighted by Crippen LogP contribution is 2.28. The maximum atomic E-state index is 13.9. The van der Waals surface area contributed by atoms with Crippen LogP contribution in [0.3, 0.4) is 0 Å². The molecular weight excluding hydrogens is 411 g/mol. The average Bonchev–Trinajstić information content (AvgIpc) is 2.79. The average molecular weight is 431 g/mol. The number of nitrogens with zero attached hydrogens (tertiary/aromatic N) is 4. The largest absolute Gasteiger partial charge is 0.478 e. The maximum Gasteiger partial charge on any atom is 0.323 e. The summed E-state index contributed by atoms with van der Waals surface area (Å²) in [5.41, 5.74) is 1.56. The Bertz CT molecular complexity index is 1150. The van der Waals surface area contributed by atoms with Gasteiger partial charge in [-0.25, -0.2) is 27.9 Å². The number of urea groups is 1. The van der Waals surface area contributed by atoms with Crippen molar-refractivity contribution in [2.75, 3.05) is 43.5 Å². The molecule has 0 unspecified atom stereocenters. The summed E-state index contributed by atoms with van der Waals surface area (Å²) in [6.45, 7) is 2.67. The third-order valence-corrected chi connectivity index (χ3v) is 5.24. The fourth-order valence-corrected chi connectivity index (χ4v) is 3.54. The quantitative estimate of drug-likeness (QED) is 0.640. The smallest absolute Gasteiger partial charge is 0.323 e. The fraction of sp³-hybridized carbons (Fsp3) is 0.286. The number of hydrogen-bond acceptors (Lipinski definition) is 5. The minimum absolute atomic E-state index is 0.0352. The number of aromatic nitrogens is 2. The van der Waals surface area contributed by atoms with Gasteiger partial charge in [-0.2, -0.15) is 0 Å². The lowest BCUT2D eigenvalue weighted by Gasteiger charge is -2.36. The van der Waals surface area contributed by atoms with Crippen LogP contribution in [0.4, 0.5) is 29.5 Å². The third kappa shape index (κ3) is 3.92. The van der Waals surface area contributed by atoms with Gasteiger partial charge in [-0.3, -0.25) is 5.32 Å². The summed E-state index contributed by atoms with van der Waals surface area (Å²) in [6.07, 6.45) is 0. The van der Waals surface area contributed by atoms with E-state index in [0.717, 1.165) is 6.07 Å². The summed E-state index contributed by atoms with van der Waals surface area (Å²) in [5.74, 6) is -3.52. The Labute approximate surface area is 176 Å². The molecule has 0 aliphatic carbocycles. The predicted molar refractivity (Wildman–Crippen MR) is 110 cm³/mol. The first kappa shape index (κ1) is 20.7. The molecule has 1 saturated heterocycles. The molecule has 0 bridgehead atoms. The van der Waals surface area contributed by atoms with E-state index in [1.165, 1.54) is 14.0 Å². The van der Waals surface area contributed by atoms with Crippen molar-refractivity contribution < 1.29 is 22.7 Å². The molecule has 0 radical (unpaired) electrons. The Kier molecular flexibility index (Phi) is 5.53. The van der Waals surface area contributed by atoms with Crippen LogP contribution in [-0.4, -0.2) is 54.2 Å². The van der Waals surface area contributed by atoms with Crippen molar-refractivity contribution in [3.63, 3.8) is 0 Å². The van der Waals surface area contributed by atoms with Crippen LogP contribution in [0.5, 0.6) is 5.88 Å². The number of ether oxygens (including phenoxy) is 1. The summed E-state index contributed by atoms with van der Waals surface area (Å²) in [5, 5.41) is 2.72. The topological polar surface area (TPSA) is 70.6 Å². The van der Waals surface area contributed by atoms with Crippen molar-refractivity contribution in [2.45, 2.75) is 6.92 Å². The number of benzene rings is 2. The van der Waals surface area contributed by atoms with Gasteiger partial charge in [0.1, 0.15) is 0 Å². The molecule has 2 amide bonds. The zero-order valence-electron chi connectivity index (χ0n) is 17.0. The van der Waals surface area contributed by atoms with Gasteiger partial charge in [-0.1, -0.05) is 12.1 Å². The van der Waals surface area contributed by atoms with Crippen LogP contribution in [0.25, 0.3) is 11.0 Å². The van der Waals surface area contributed by atoms with E-state index >= 15 is 0 Å². The molecule has 10 heteroatoms. The Hall–Kier alpha value is -3.56. The van der Waals surface area contributed by atoms with Gasteiger partial charge < -0.3 is 14.5 Å². The van der Waals surface area contributed by atoms with E-state index < -0.39 is 23.5 Å². The SMILES string of the molecule is COc1nc2ccccc2nc1NC(=O)N1CCN(c2cc(F)c(F)c(F)c2C)CC1. The van der Waals surface area contributed by atoms with E-state index in [9.17, 15) is 18.0 Å². The van der Waals surface area contributed by atoms with Crippen LogP contribution < -0.4 is 15.0 Å². The first-order valence-electron chi connectivity index (χ1n) is 9.64. The number of piperazine rings is 1. The number of fused-ring (bicyclic) bond motifs is 1. The summed E-state index contributed by atoms with van der Waals surface area (Å²) < 4.78 is 46.2. The van der Waals surface area contributed by atoms with Crippen molar-refractivity contribution in [1.82, 2.24) is 14.9 Å². The Balaban J connectivity index is 1.46. The molecule has 2 heterocycles. The number of halogens is 3.